The van der Waals surface area contributed by atoms with Crippen molar-refractivity contribution in [3.8, 4) is 11.1 Å². The molecule has 2 aliphatic rings. The fourth-order valence-electron chi connectivity index (χ4n) is 5.17. The molecule has 0 spiro atoms. The molecule has 0 aromatic heterocycles. The van der Waals surface area contributed by atoms with Crippen molar-refractivity contribution in [2.24, 2.45) is 11.8 Å². The van der Waals surface area contributed by atoms with Crippen LogP contribution in [-0.2, 0) is 14.3 Å². The lowest BCUT2D eigenvalue weighted by Gasteiger charge is -2.31. The molecule has 7 heteroatoms. The second-order valence-corrected chi connectivity index (χ2v) is 9.54. The highest BCUT2D eigenvalue weighted by atomic mass is 16.5. The van der Waals surface area contributed by atoms with Gasteiger partial charge in [0.15, 0.2) is 0 Å². The van der Waals surface area contributed by atoms with Crippen molar-refractivity contribution in [2.45, 2.75) is 57.5 Å². The molecule has 3 N–H and O–H groups in total. The third-order valence-electron chi connectivity index (χ3n) is 6.98. The third-order valence-corrected chi connectivity index (χ3v) is 6.98. The smallest absolute Gasteiger partial charge is 0.407 e. The summed E-state index contributed by atoms with van der Waals surface area (Å²) in [5.74, 6) is -2.12. The molecule has 7 nitrogen and oxygen atoms in total. The lowest BCUT2D eigenvalue weighted by atomic mass is 9.84. The fourth-order valence-corrected chi connectivity index (χ4v) is 5.17. The minimum absolute atomic E-state index is 0.0666. The maximum Gasteiger partial charge on any atom is 0.407 e. The van der Waals surface area contributed by atoms with Crippen LogP contribution in [0, 0.1) is 11.8 Å². The highest BCUT2D eigenvalue weighted by molar-refractivity contribution is 5.87. The molecule has 3 atom stereocenters. The number of carboxylic acids is 1. The van der Waals surface area contributed by atoms with Crippen molar-refractivity contribution >= 4 is 18.0 Å². The van der Waals surface area contributed by atoms with Gasteiger partial charge in [0, 0.05) is 12.0 Å². The van der Waals surface area contributed by atoms with Crippen molar-refractivity contribution in [3.63, 3.8) is 0 Å². The van der Waals surface area contributed by atoms with E-state index in [1.165, 1.54) is 0 Å². The van der Waals surface area contributed by atoms with Crippen molar-refractivity contribution < 1.29 is 24.2 Å². The standard InChI is InChI=1S/C27H32N2O5/c1-16(2)24(25(30)28-23-14-8-7-13-21(23)26(31)32)29-27(33)34-15-22-19-11-5-3-9-17(19)18-10-4-6-12-20(18)22/h3-6,9-12,16,21-24H,7-8,13-15H2,1-2H3,(H,28,30)(H,29,33)(H,31,32)/t21-,23+,24-/m0/s1. The van der Waals surface area contributed by atoms with Gasteiger partial charge in [0.25, 0.3) is 0 Å². The predicted octanol–water partition coefficient (Wildman–Crippen LogP) is 4.31. The zero-order chi connectivity index (χ0) is 24.2. The summed E-state index contributed by atoms with van der Waals surface area (Å²) in [7, 11) is 0. The SMILES string of the molecule is CC(C)[C@H](NC(=O)OCC1c2ccccc2-c2ccccc21)C(=O)N[C@@H]1CCCC[C@@H]1C(=O)O. The molecule has 0 unspecified atom stereocenters. The first-order chi connectivity index (χ1) is 16.4. The van der Waals surface area contributed by atoms with E-state index in [-0.39, 0.29) is 24.3 Å². The Labute approximate surface area is 199 Å². The van der Waals surface area contributed by atoms with Gasteiger partial charge in [-0.25, -0.2) is 4.79 Å². The summed E-state index contributed by atoms with van der Waals surface area (Å²) in [5, 5.41) is 15.1. The first-order valence-corrected chi connectivity index (χ1v) is 12.0. The summed E-state index contributed by atoms with van der Waals surface area (Å²) in [6.45, 7) is 3.84. The van der Waals surface area contributed by atoms with E-state index in [2.05, 4.69) is 34.9 Å². The van der Waals surface area contributed by atoms with Crippen LogP contribution in [0.2, 0.25) is 0 Å². The van der Waals surface area contributed by atoms with Gasteiger partial charge in [-0.2, -0.15) is 0 Å². The number of nitrogens with one attached hydrogen (secondary N) is 2. The molecule has 1 saturated carbocycles. The molecule has 2 aromatic carbocycles. The number of fused-ring (bicyclic) bond motifs is 3. The number of aliphatic carboxylic acids is 1. The van der Waals surface area contributed by atoms with E-state index in [1.807, 2.05) is 38.1 Å². The number of hydrogen-bond acceptors (Lipinski definition) is 4. The van der Waals surface area contributed by atoms with Crippen molar-refractivity contribution in [1.29, 1.82) is 0 Å². The molecule has 0 saturated heterocycles. The second-order valence-electron chi connectivity index (χ2n) is 9.54. The molecule has 1 fully saturated rings. The number of hydrogen-bond donors (Lipinski definition) is 3. The van der Waals surface area contributed by atoms with Gasteiger partial charge in [0.2, 0.25) is 5.91 Å². The molecule has 0 aliphatic heterocycles. The van der Waals surface area contributed by atoms with Gasteiger partial charge in [0.1, 0.15) is 12.6 Å². The molecule has 0 heterocycles. The van der Waals surface area contributed by atoms with Crippen LogP contribution in [0.4, 0.5) is 4.79 Å². The molecule has 2 amide bonds. The number of carboxylic acid groups (broad SMARTS) is 1. The number of benzene rings is 2. The van der Waals surface area contributed by atoms with E-state index in [1.54, 1.807) is 0 Å². The maximum atomic E-state index is 13.0. The fraction of sp³-hybridized carbons (Fsp3) is 0.444. The molecule has 2 aromatic rings. The molecule has 0 radical (unpaired) electrons. The Bertz CT molecular complexity index is 1020. The summed E-state index contributed by atoms with van der Waals surface area (Å²) in [5.41, 5.74) is 4.53. The van der Waals surface area contributed by atoms with E-state index in [4.69, 9.17) is 4.74 Å². The first-order valence-electron chi connectivity index (χ1n) is 12.0. The predicted molar refractivity (Wildman–Crippen MR) is 128 cm³/mol. The van der Waals surface area contributed by atoms with Crippen LogP contribution in [0.1, 0.15) is 56.6 Å². The lowest BCUT2D eigenvalue weighted by Crippen LogP contribution is -2.54. The Hall–Kier alpha value is -3.35. The van der Waals surface area contributed by atoms with Gasteiger partial charge in [-0.3, -0.25) is 9.59 Å². The Balaban J connectivity index is 1.39. The summed E-state index contributed by atoms with van der Waals surface area (Å²) >= 11 is 0. The largest absolute Gasteiger partial charge is 0.481 e. The van der Waals surface area contributed by atoms with Gasteiger partial charge in [-0.1, -0.05) is 75.2 Å². The van der Waals surface area contributed by atoms with Crippen LogP contribution in [0.3, 0.4) is 0 Å². The van der Waals surface area contributed by atoms with E-state index in [0.29, 0.717) is 12.8 Å². The molecule has 2 aliphatic carbocycles. The summed E-state index contributed by atoms with van der Waals surface area (Å²) in [4.78, 5) is 37.2. The molecule has 34 heavy (non-hydrogen) atoms. The normalized spacial score (nSPS) is 20.2. The van der Waals surface area contributed by atoms with Crippen molar-refractivity contribution in [3.05, 3.63) is 59.7 Å². The van der Waals surface area contributed by atoms with Crippen LogP contribution in [0.15, 0.2) is 48.5 Å². The minimum atomic E-state index is -0.893. The maximum absolute atomic E-state index is 13.0. The van der Waals surface area contributed by atoms with Gasteiger partial charge in [0.05, 0.1) is 5.92 Å². The highest BCUT2D eigenvalue weighted by Crippen LogP contribution is 2.44. The molecule has 0 bridgehead atoms. The van der Waals surface area contributed by atoms with Crippen LogP contribution >= 0.6 is 0 Å². The number of carbonyl (C=O) groups is 3. The number of ether oxygens (including phenoxy) is 1. The lowest BCUT2D eigenvalue weighted by molar-refractivity contribution is -0.144. The minimum Gasteiger partial charge on any atom is -0.481 e. The van der Waals surface area contributed by atoms with Crippen molar-refractivity contribution in [1.82, 2.24) is 10.6 Å². The highest BCUT2D eigenvalue weighted by Gasteiger charge is 2.35. The van der Waals surface area contributed by atoms with Gasteiger partial charge in [-0.15, -0.1) is 0 Å². The Morgan fingerprint density at radius 2 is 1.56 bits per heavy atom. The quantitative estimate of drug-likeness (QED) is 0.566. The summed E-state index contributed by atoms with van der Waals surface area (Å²) in [6, 6.07) is 15.0. The Kier molecular flexibility index (Phi) is 7.20. The molecular formula is C27H32N2O5. The van der Waals surface area contributed by atoms with Crippen LogP contribution in [0.25, 0.3) is 11.1 Å². The zero-order valence-electron chi connectivity index (χ0n) is 19.6. The zero-order valence-corrected chi connectivity index (χ0v) is 19.6. The number of rotatable bonds is 7. The topological polar surface area (TPSA) is 105 Å². The van der Waals surface area contributed by atoms with Crippen molar-refractivity contribution in [2.75, 3.05) is 6.61 Å². The van der Waals surface area contributed by atoms with Crippen LogP contribution in [0.5, 0.6) is 0 Å². The molecular weight excluding hydrogens is 432 g/mol. The Morgan fingerprint density at radius 3 is 2.15 bits per heavy atom. The third kappa shape index (κ3) is 4.93. The van der Waals surface area contributed by atoms with E-state index >= 15 is 0 Å². The first kappa shape index (κ1) is 23.8. The Morgan fingerprint density at radius 1 is 0.971 bits per heavy atom. The second kappa shape index (κ2) is 10.3. The number of carbonyl (C=O) groups excluding carboxylic acids is 2. The van der Waals surface area contributed by atoms with Gasteiger partial charge < -0.3 is 20.5 Å². The number of amides is 2. The number of alkyl carbamates (subject to hydrolysis) is 1. The monoisotopic (exact) mass is 464 g/mol. The van der Waals surface area contributed by atoms with Gasteiger partial charge >= 0.3 is 12.1 Å². The van der Waals surface area contributed by atoms with Crippen LogP contribution < -0.4 is 10.6 Å². The average molecular weight is 465 g/mol. The van der Waals surface area contributed by atoms with Crippen LogP contribution in [-0.4, -0.2) is 41.8 Å². The van der Waals surface area contributed by atoms with E-state index in [0.717, 1.165) is 35.1 Å². The molecule has 180 valence electrons. The summed E-state index contributed by atoms with van der Waals surface area (Å²) < 4.78 is 5.60. The van der Waals surface area contributed by atoms with Gasteiger partial charge in [-0.05, 0) is 41.0 Å². The van der Waals surface area contributed by atoms with E-state index in [9.17, 15) is 19.5 Å². The molecule has 4 rings (SSSR count). The average Bonchev–Trinajstić information content (AvgIpc) is 3.15. The van der Waals surface area contributed by atoms with E-state index < -0.39 is 30.1 Å². The summed E-state index contributed by atoms with van der Waals surface area (Å²) in [6.07, 6.45) is 2.23.